The van der Waals surface area contributed by atoms with Crippen LogP contribution >= 0.6 is 34.8 Å². The molecular formula is C20H27Cl3N2O7. The fraction of sp³-hybridized carbons (Fsp3) is 0.650. The van der Waals surface area contributed by atoms with Crippen LogP contribution in [0.5, 0.6) is 5.75 Å². The molecule has 2 heterocycles. The predicted octanol–water partition coefficient (Wildman–Crippen LogP) is 4.36. The van der Waals surface area contributed by atoms with E-state index in [1.807, 2.05) is 0 Å². The van der Waals surface area contributed by atoms with Crippen LogP contribution in [0, 0.1) is 0 Å². The summed E-state index contributed by atoms with van der Waals surface area (Å²) in [6.07, 6.45) is 0.950. The zero-order chi connectivity index (χ0) is 24.1. The Bertz CT molecular complexity index is 856. The molecule has 0 spiro atoms. The van der Waals surface area contributed by atoms with Gasteiger partial charge in [0.05, 0.1) is 13.7 Å². The standard InChI is InChI=1S/C20H27Cl3N2O7/c1-19(2,3)32-17(27)24-7-5-13(6-8-24)25(18(28)31-12-20(21,22)23)10-14-9-15(26)16(29-4)11-30-14/h9,11,13H,5-8,10,12H2,1-4H3. The SMILES string of the molecule is COc1coc(CN(C(=O)OCC(Cl)(Cl)Cl)C2CCN(C(=O)OC(C)(C)C)CC2)cc1=O. The Balaban J connectivity index is 2.13. The van der Waals surface area contributed by atoms with E-state index < -0.39 is 28.2 Å². The van der Waals surface area contributed by atoms with Crippen molar-refractivity contribution in [3.05, 3.63) is 28.3 Å². The molecule has 1 aliphatic heterocycles. The van der Waals surface area contributed by atoms with Crippen molar-refractivity contribution >= 4 is 47.0 Å². The number of hydrogen-bond acceptors (Lipinski definition) is 7. The molecule has 1 fully saturated rings. The van der Waals surface area contributed by atoms with Crippen molar-refractivity contribution in [3.63, 3.8) is 0 Å². The molecule has 1 aromatic heterocycles. The van der Waals surface area contributed by atoms with Gasteiger partial charge in [0.25, 0.3) is 0 Å². The van der Waals surface area contributed by atoms with E-state index in [-0.39, 0.29) is 29.5 Å². The van der Waals surface area contributed by atoms with E-state index in [4.69, 9.17) is 53.4 Å². The summed E-state index contributed by atoms with van der Waals surface area (Å²) in [5.41, 5.74) is -0.990. The first-order chi connectivity index (χ1) is 14.8. The Hall–Kier alpha value is -1.84. The maximum absolute atomic E-state index is 12.8. The third kappa shape index (κ3) is 8.26. The average Bonchev–Trinajstić information content (AvgIpc) is 2.68. The molecule has 0 radical (unpaired) electrons. The quantitative estimate of drug-likeness (QED) is 0.540. The fourth-order valence-electron chi connectivity index (χ4n) is 3.09. The van der Waals surface area contributed by atoms with Gasteiger partial charge in [-0.2, -0.15) is 0 Å². The molecule has 1 aromatic rings. The molecule has 0 aromatic carbocycles. The van der Waals surface area contributed by atoms with Crippen molar-refractivity contribution in [3.8, 4) is 5.75 Å². The largest absolute Gasteiger partial charge is 0.490 e. The monoisotopic (exact) mass is 512 g/mol. The summed E-state index contributed by atoms with van der Waals surface area (Å²) in [5.74, 6) is 0.279. The van der Waals surface area contributed by atoms with Crippen molar-refractivity contribution < 1.29 is 28.2 Å². The number of carbonyl (C=O) groups is 2. The van der Waals surface area contributed by atoms with Crippen molar-refractivity contribution in [2.24, 2.45) is 0 Å². The topological polar surface area (TPSA) is 98.5 Å². The molecule has 0 unspecified atom stereocenters. The number of methoxy groups -OCH3 is 1. The zero-order valence-corrected chi connectivity index (χ0v) is 20.6. The van der Waals surface area contributed by atoms with Crippen LogP contribution in [0.3, 0.4) is 0 Å². The van der Waals surface area contributed by atoms with E-state index in [0.717, 1.165) is 0 Å². The molecule has 0 atom stereocenters. The van der Waals surface area contributed by atoms with Crippen LogP contribution in [0.1, 0.15) is 39.4 Å². The maximum atomic E-state index is 12.8. The summed E-state index contributed by atoms with van der Waals surface area (Å²) in [7, 11) is 1.35. The lowest BCUT2D eigenvalue weighted by atomic mass is 10.0. The first-order valence-electron chi connectivity index (χ1n) is 9.93. The zero-order valence-electron chi connectivity index (χ0n) is 18.4. The number of likely N-dealkylation sites (tertiary alicyclic amines) is 1. The number of amides is 2. The van der Waals surface area contributed by atoms with E-state index >= 15 is 0 Å². The van der Waals surface area contributed by atoms with Crippen LogP contribution in [-0.2, 0) is 16.0 Å². The smallest absolute Gasteiger partial charge is 0.410 e. The summed E-state index contributed by atoms with van der Waals surface area (Å²) in [6.45, 7) is 5.64. The lowest BCUT2D eigenvalue weighted by molar-refractivity contribution is 0.0126. The highest BCUT2D eigenvalue weighted by molar-refractivity contribution is 6.67. The molecule has 0 aliphatic carbocycles. The Kier molecular flexibility index (Phi) is 8.96. The molecule has 9 nitrogen and oxygen atoms in total. The highest BCUT2D eigenvalue weighted by atomic mass is 35.6. The molecular weight excluding hydrogens is 487 g/mol. The molecule has 0 saturated carbocycles. The van der Waals surface area contributed by atoms with Gasteiger partial charge in [-0.05, 0) is 33.6 Å². The highest BCUT2D eigenvalue weighted by Crippen LogP contribution is 2.27. The molecule has 0 N–H and O–H groups in total. The van der Waals surface area contributed by atoms with Crippen LogP contribution in [0.4, 0.5) is 9.59 Å². The van der Waals surface area contributed by atoms with Gasteiger partial charge in [-0.1, -0.05) is 34.8 Å². The normalized spacial score (nSPS) is 15.3. The van der Waals surface area contributed by atoms with Crippen LogP contribution in [0.2, 0.25) is 0 Å². The van der Waals surface area contributed by atoms with Crippen LogP contribution in [-0.4, -0.2) is 64.2 Å². The predicted molar refractivity (Wildman–Crippen MR) is 120 cm³/mol. The maximum Gasteiger partial charge on any atom is 0.410 e. The van der Waals surface area contributed by atoms with Crippen molar-refractivity contribution in [2.45, 2.75) is 55.6 Å². The van der Waals surface area contributed by atoms with Gasteiger partial charge in [-0.15, -0.1) is 0 Å². The minimum absolute atomic E-state index is 0.0461. The van der Waals surface area contributed by atoms with Crippen molar-refractivity contribution in [2.75, 3.05) is 26.8 Å². The van der Waals surface area contributed by atoms with Gasteiger partial charge in [0.1, 0.15) is 24.2 Å². The number of hydrogen-bond donors (Lipinski definition) is 0. The molecule has 2 amide bonds. The Morgan fingerprint density at radius 3 is 2.34 bits per heavy atom. The molecule has 180 valence electrons. The minimum Gasteiger partial charge on any atom is -0.490 e. The summed E-state index contributed by atoms with van der Waals surface area (Å²) in [5, 5.41) is 0. The molecule has 1 saturated heterocycles. The van der Waals surface area contributed by atoms with E-state index in [1.165, 1.54) is 24.3 Å². The van der Waals surface area contributed by atoms with E-state index in [9.17, 15) is 14.4 Å². The fourth-order valence-corrected chi connectivity index (χ4v) is 3.26. The first kappa shape index (κ1) is 26.4. The van der Waals surface area contributed by atoms with Gasteiger partial charge in [-0.3, -0.25) is 9.69 Å². The number of carbonyl (C=O) groups excluding carboxylic acids is 2. The Morgan fingerprint density at radius 2 is 1.84 bits per heavy atom. The third-order valence-electron chi connectivity index (χ3n) is 4.55. The molecule has 32 heavy (non-hydrogen) atoms. The minimum atomic E-state index is -1.77. The second kappa shape index (κ2) is 10.9. The van der Waals surface area contributed by atoms with Crippen LogP contribution < -0.4 is 10.2 Å². The molecule has 0 bridgehead atoms. The van der Waals surface area contributed by atoms with Gasteiger partial charge in [-0.25, -0.2) is 9.59 Å². The van der Waals surface area contributed by atoms with Gasteiger partial charge in [0.2, 0.25) is 15.0 Å². The van der Waals surface area contributed by atoms with Gasteiger partial charge < -0.3 is 23.5 Å². The number of halogens is 3. The van der Waals surface area contributed by atoms with Crippen LogP contribution in [0.25, 0.3) is 0 Å². The summed E-state index contributed by atoms with van der Waals surface area (Å²) in [6, 6.07) is 0.938. The summed E-state index contributed by atoms with van der Waals surface area (Å²) in [4.78, 5) is 40.1. The highest BCUT2D eigenvalue weighted by Gasteiger charge is 2.34. The van der Waals surface area contributed by atoms with Crippen LogP contribution in [0.15, 0.2) is 21.5 Å². The number of rotatable bonds is 5. The first-order valence-corrected chi connectivity index (χ1v) is 11.1. The number of piperidine rings is 1. The average molecular weight is 514 g/mol. The van der Waals surface area contributed by atoms with Gasteiger partial charge in [0, 0.05) is 25.2 Å². The lowest BCUT2D eigenvalue weighted by Crippen LogP contribution is -2.49. The molecule has 12 heteroatoms. The number of alkyl halides is 3. The Labute approximate surface area is 201 Å². The lowest BCUT2D eigenvalue weighted by Gasteiger charge is -2.38. The van der Waals surface area contributed by atoms with E-state index in [2.05, 4.69) is 0 Å². The Morgan fingerprint density at radius 1 is 1.22 bits per heavy atom. The van der Waals surface area contributed by atoms with E-state index in [1.54, 1.807) is 25.7 Å². The molecule has 1 aliphatic rings. The third-order valence-corrected chi connectivity index (χ3v) is 4.88. The van der Waals surface area contributed by atoms with E-state index in [0.29, 0.717) is 25.9 Å². The van der Waals surface area contributed by atoms with Gasteiger partial charge >= 0.3 is 12.2 Å². The summed E-state index contributed by atoms with van der Waals surface area (Å²) >= 11 is 17.1. The van der Waals surface area contributed by atoms with Crippen molar-refractivity contribution in [1.29, 1.82) is 0 Å². The second-order valence-corrected chi connectivity index (χ2v) is 10.8. The second-order valence-electron chi connectivity index (χ2n) is 8.28. The molecule has 2 rings (SSSR count). The van der Waals surface area contributed by atoms with Crippen molar-refractivity contribution in [1.82, 2.24) is 9.80 Å². The van der Waals surface area contributed by atoms with Gasteiger partial charge in [0.15, 0.2) is 0 Å². The summed E-state index contributed by atoms with van der Waals surface area (Å²) < 4.78 is 19.1. The number of nitrogens with zero attached hydrogens (tertiary/aromatic N) is 2. The number of ether oxygens (including phenoxy) is 3.